The van der Waals surface area contributed by atoms with Crippen LogP contribution in [-0.2, 0) is 9.47 Å². The Labute approximate surface area is 85.3 Å². The summed E-state index contributed by atoms with van der Waals surface area (Å²) in [7, 11) is 2.14. The van der Waals surface area contributed by atoms with Gasteiger partial charge in [-0.05, 0) is 26.9 Å². The number of likely N-dealkylation sites (tertiary alicyclic amines) is 1. The summed E-state index contributed by atoms with van der Waals surface area (Å²) in [6.07, 6.45) is 1.25. The molecule has 14 heavy (non-hydrogen) atoms. The molecule has 4 heteroatoms. The fraction of sp³-hybridized carbons (Fsp3) is 1.00. The van der Waals surface area contributed by atoms with Crippen LogP contribution in [0, 0.1) is 5.92 Å². The second kappa shape index (κ2) is 3.77. The minimum atomic E-state index is -0.394. The lowest BCUT2D eigenvalue weighted by Gasteiger charge is -2.29. The van der Waals surface area contributed by atoms with E-state index in [9.17, 15) is 0 Å². The van der Waals surface area contributed by atoms with Crippen molar-refractivity contribution in [2.24, 2.45) is 11.7 Å². The van der Waals surface area contributed by atoms with E-state index in [1.165, 1.54) is 0 Å². The Morgan fingerprint density at radius 3 is 2.86 bits per heavy atom. The van der Waals surface area contributed by atoms with Gasteiger partial charge >= 0.3 is 0 Å². The number of hydrogen-bond acceptors (Lipinski definition) is 4. The first kappa shape index (κ1) is 10.4. The summed E-state index contributed by atoms with van der Waals surface area (Å²) in [6.45, 7) is 5.45. The standard InChI is InChI=1S/C10H20N2O2/c1-10(8-3-4-12(2)6-8)13-7-9(5-11)14-10/h8-9H,3-7,11H2,1-2H3. The van der Waals surface area contributed by atoms with Crippen molar-refractivity contribution in [3.05, 3.63) is 0 Å². The van der Waals surface area contributed by atoms with Crippen molar-refractivity contribution in [3.63, 3.8) is 0 Å². The average molecular weight is 200 g/mol. The average Bonchev–Trinajstić information content (AvgIpc) is 2.73. The highest BCUT2D eigenvalue weighted by Gasteiger charge is 2.45. The zero-order chi connectivity index (χ0) is 10.2. The molecule has 3 atom stereocenters. The molecule has 4 nitrogen and oxygen atoms in total. The first-order chi connectivity index (χ1) is 6.64. The topological polar surface area (TPSA) is 47.7 Å². The van der Waals surface area contributed by atoms with Gasteiger partial charge in [0.2, 0.25) is 0 Å². The van der Waals surface area contributed by atoms with Crippen LogP contribution in [0.5, 0.6) is 0 Å². The molecule has 2 rings (SSSR count). The highest BCUT2D eigenvalue weighted by Crippen LogP contribution is 2.35. The SMILES string of the molecule is CN1CCC(C2(C)OCC(CN)O2)C1. The summed E-state index contributed by atoms with van der Waals surface area (Å²) in [6, 6.07) is 0. The van der Waals surface area contributed by atoms with Crippen molar-refractivity contribution in [1.82, 2.24) is 4.90 Å². The summed E-state index contributed by atoms with van der Waals surface area (Å²) in [4.78, 5) is 2.32. The van der Waals surface area contributed by atoms with Crippen LogP contribution in [0.2, 0.25) is 0 Å². The summed E-state index contributed by atoms with van der Waals surface area (Å²) in [5.74, 6) is 0.0958. The fourth-order valence-electron chi connectivity index (χ4n) is 2.35. The Bertz CT molecular complexity index is 212. The molecular weight excluding hydrogens is 180 g/mol. The molecule has 2 aliphatic rings. The van der Waals surface area contributed by atoms with E-state index in [0.29, 0.717) is 19.1 Å². The molecule has 2 saturated heterocycles. The van der Waals surface area contributed by atoms with Gasteiger partial charge in [-0.15, -0.1) is 0 Å². The van der Waals surface area contributed by atoms with Gasteiger partial charge in [-0.2, -0.15) is 0 Å². The number of nitrogens with zero attached hydrogens (tertiary/aromatic N) is 1. The van der Waals surface area contributed by atoms with E-state index in [2.05, 4.69) is 11.9 Å². The van der Waals surface area contributed by atoms with Gasteiger partial charge in [0, 0.05) is 19.0 Å². The molecule has 2 fully saturated rings. The number of ether oxygens (including phenoxy) is 2. The largest absolute Gasteiger partial charge is 0.347 e. The first-order valence-corrected chi connectivity index (χ1v) is 5.34. The summed E-state index contributed by atoms with van der Waals surface area (Å²) in [5.41, 5.74) is 5.57. The number of nitrogens with two attached hydrogens (primary N) is 1. The van der Waals surface area contributed by atoms with Gasteiger partial charge in [-0.1, -0.05) is 0 Å². The molecule has 0 aliphatic carbocycles. The second-order valence-electron chi connectivity index (χ2n) is 4.55. The third kappa shape index (κ3) is 1.80. The Morgan fingerprint density at radius 1 is 1.57 bits per heavy atom. The van der Waals surface area contributed by atoms with Crippen LogP contribution in [0.3, 0.4) is 0 Å². The van der Waals surface area contributed by atoms with Crippen molar-refractivity contribution >= 4 is 0 Å². The zero-order valence-corrected chi connectivity index (χ0v) is 9.03. The van der Waals surface area contributed by atoms with E-state index >= 15 is 0 Å². The van der Waals surface area contributed by atoms with Crippen LogP contribution in [0.4, 0.5) is 0 Å². The molecule has 82 valence electrons. The molecule has 2 N–H and O–H groups in total. The van der Waals surface area contributed by atoms with Gasteiger partial charge in [0.15, 0.2) is 5.79 Å². The Hall–Kier alpha value is -0.160. The maximum atomic E-state index is 5.86. The third-order valence-corrected chi connectivity index (χ3v) is 3.35. The third-order valence-electron chi connectivity index (χ3n) is 3.35. The first-order valence-electron chi connectivity index (χ1n) is 5.34. The van der Waals surface area contributed by atoms with Crippen molar-refractivity contribution in [2.75, 3.05) is 33.3 Å². The molecule has 0 aromatic rings. The number of hydrogen-bond donors (Lipinski definition) is 1. The van der Waals surface area contributed by atoms with Gasteiger partial charge in [0.1, 0.15) is 0 Å². The van der Waals surface area contributed by atoms with Crippen LogP contribution in [0.1, 0.15) is 13.3 Å². The lowest BCUT2D eigenvalue weighted by atomic mass is 9.99. The molecule has 3 unspecified atom stereocenters. The molecule has 0 amide bonds. The second-order valence-corrected chi connectivity index (χ2v) is 4.55. The zero-order valence-electron chi connectivity index (χ0n) is 9.03. The predicted octanol–water partition coefficient (Wildman–Crippen LogP) is 0.0284. The van der Waals surface area contributed by atoms with Gasteiger partial charge in [0.05, 0.1) is 12.7 Å². The summed E-state index contributed by atoms with van der Waals surface area (Å²) < 4.78 is 11.6. The molecule has 2 aliphatic heterocycles. The van der Waals surface area contributed by atoms with E-state index in [0.717, 1.165) is 19.5 Å². The van der Waals surface area contributed by atoms with Crippen LogP contribution < -0.4 is 5.73 Å². The molecular formula is C10H20N2O2. The molecule has 0 bridgehead atoms. The van der Waals surface area contributed by atoms with Crippen LogP contribution in [-0.4, -0.2) is 50.1 Å². The Morgan fingerprint density at radius 2 is 2.36 bits per heavy atom. The predicted molar refractivity (Wildman–Crippen MR) is 53.9 cm³/mol. The highest BCUT2D eigenvalue weighted by molar-refractivity contribution is 4.87. The van der Waals surface area contributed by atoms with Crippen molar-refractivity contribution in [1.29, 1.82) is 0 Å². The van der Waals surface area contributed by atoms with E-state index < -0.39 is 5.79 Å². The van der Waals surface area contributed by atoms with Crippen LogP contribution in [0.25, 0.3) is 0 Å². The fourth-order valence-corrected chi connectivity index (χ4v) is 2.35. The van der Waals surface area contributed by atoms with E-state index in [1.807, 2.05) is 6.92 Å². The smallest absolute Gasteiger partial charge is 0.170 e. The summed E-state index contributed by atoms with van der Waals surface area (Å²) >= 11 is 0. The molecule has 2 heterocycles. The maximum Gasteiger partial charge on any atom is 0.170 e. The van der Waals surface area contributed by atoms with Gasteiger partial charge in [-0.25, -0.2) is 0 Å². The van der Waals surface area contributed by atoms with Crippen molar-refractivity contribution < 1.29 is 9.47 Å². The highest BCUT2D eigenvalue weighted by atomic mass is 16.7. The van der Waals surface area contributed by atoms with Gasteiger partial charge in [-0.3, -0.25) is 0 Å². The normalized spacial score (nSPS) is 44.8. The summed E-state index contributed by atoms with van der Waals surface area (Å²) in [5, 5.41) is 0. The monoisotopic (exact) mass is 200 g/mol. The van der Waals surface area contributed by atoms with Crippen LogP contribution in [0.15, 0.2) is 0 Å². The Balaban J connectivity index is 1.96. The molecule has 0 spiro atoms. The molecule has 0 radical (unpaired) electrons. The minimum absolute atomic E-state index is 0.0888. The van der Waals surface area contributed by atoms with E-state index in [4.69, 9.17) is 15.2 Å². The maximum absolute atomic E-state index is 5.86. The number of rotatable bonds is 2. The van der Waals surface area contributed by atoms with E-state index in [1.54, 1.807) is 0 Å². The van der Waals surface area contributed by atoms with Crippen molar-refractivity contribution in [2.45, 2.75) is 25.2 Å². The van der Waals surface area contributed by atoms with Crippen molar-refractivity contribution in [3.8, 4) is 0 Å². The van der Waals surface area contributed by atoms with E-state index in [-0.39, 0.29) is 6.10 Å². The van der Waals surface area contributed by atoms with Gasteiger partial charge < -0.3 is 20.1 Å². The molecule has 0 aromatic carbocycles. The molecule has 0 aromatic heterocycles. The lowest BCUT2D eigenvalue weighted by Crippen LogP contribution is -2.38. The lowest BCUT2D eigenvalue weighted by molar-refractivity contribution is -0.187. The van der Waals surface area contributed by atoms with Crippen LogP contribution >= 0.6 is 0 Å². The Kier molecular flexibility index (Phi) is 2.79. The molecule has 0 saturated carbocycles. The minimum Gasteiger partial charge on any atom is -0.347 e. The van der Waals surface area contributed by atoms with Gasteiger partial charge in [0.25, 0.3) is 0 Å². The quantitative estimate of drug-likeness (QED) is 0.683.